The zero-order chi connectivity index (χ0) is 30.9. The van der Waals surface area contributed by atoms with Gasteiger partial charge in [-0.05, 0) is 76.9 Å². The Balaban J connectivity index is 1.63. The van der Waals surface area contributed by atoms with E-state index in [-0.39, 0.29) is 30.6 Å². The summed E-state index contributed by atoms with van der Waals surface area (Å²) in [6.45, 7) is 7.49. The van der Waals surface area contributed by atoms with Crippen LogP contribution in [0, 0.1) is 5.92 Å². The van der Waals surface area contributed by atoms with E-state index >= 15 is 0 Å². The number of hydrogen-bond donors (Lipinski definition) is 3. The third-order valence-electron chi connectivity index (χ3n) is 7.89. The van der Waals surface area contributed by atoms with Crippen LogP contribution in [0.4, 0.5) is 16.2 Å². The van der Waals surface area contributed by atoms with Gasteiger partial charge in [0.1, 0.15) is 5.75 Å². The van der Waals surface area contributed by atoms with Gasteiger partial charge in [-0.2, -0.15) is 0 Å². The minimum atomic E-state index is -0.431. The van der Waals surface area contributed by atoms with Gasteiger partial charge in [0.15, 0.2) is 0 Å². The van der Waals surface area contributed by atoms with E-state index in [0.717, 1.165) is 36.6 Å². The van der Waals surface area contributed by atoms with Gasteiger partial charge in [-0.3, -0.25) is 4.79 Å². The minimum Gasteiger partial charge on any atom is -0.490 e. The molecule has 9 heteroatoms. The van der Waals surface area contributed by atoms with Crippen molar-refractivity contribution in [2.75, 3.05) is 51.0 Å². The average Bonchev–Trinajstić information content (AvgIpc) is 2.98. The van der Waals surface area contributed by atoms with E-state index in [2.05, 4.69) is 22.5 Å². The molecule has 232 valence electrons. The lowest BCUT2D eigenvalue weighted by Crippen LogP contribution is -2.47. The number of likely N-dealkylation sites (N-methyl/N-ethyl adjacent to an activating group) is 1. The molecule has 0 unspecified atom stereocenters. The quantitative estimate of drug-likeness (QED) is 0.333. The molecule has 9 nitrogen and oxygen atoms in total. The van der Waals surface area contributed by atoms with Gasteiger partial charge in [-0.25, -0.2) is 4.79 Å². The maximum absolute atomic E-state index is 14.2. The molecule has 0 radical (unpaired) electrons. The Morgan fingerprint density at radius 1 is 1.07 bits per heavy atom. The van der Waals surface area contributed by atoms with Gasteiger partial charge in [-0.15, -0.1) is 0 Å². The topological polar surface area (TPSA) is 103 Å². The van der Waals surface area contributed by atoms with Crippen LogP contribution in [0.2, 0.25) is 0 Å². The Bertz CT molecular complexity index is 1370. The molecule has 3 aromatic rings. The predicted octanol–water partition coefficient (Wildman–Crippen LogP) is 5.84. The first kappa shape index (κ1) is 32.3. The molecule has 3 amide bonds. The number of amides is 3. The molecule has 0 fully saturated rings. The fourth-order valence-electron chi connectivity index (χ4n) is 5.44. The van der Waals surface area contributed by atoms with Gasteiger partial charge in [0.2, 0.25) is 0 Å². The molecule has 3 N–H and O–H groups in total. The highest BCUT2D eigenvalue weighted by atomic mass is 16.5. The Kier molecular flexibility index (Phi) is 11.4. The molecule has 43 heavy (non-hydrogen) atoms. The van der Waals surface area contributed by atoms with E-state index in [1.54, 1.807) is 23.1 Å². The van der Waals surface area contributed by atoms with E-state index < -0.39 is 12.1 Å². The summed E-state index contributed by atoms with van der Waals surface area (Å²) in [6, 6.07) is 17.9. The standard InChI is InChI=1S/C34H46N4O5/c1-23-20-38(24(2)22-39)33(40)29-19-27(35-34(41)36-30-15-10-13-26-12-6-7-14-28(26)30)16-17-31(29)43-25(3)11-8-9-18-42-32(23)21-37(4)5/h6-7,10,12-17,19,23-25,32,39H,8-9,11,18,20-22H2,1-5H3,(H2,35,36,41)/t23-,24+,25-,32+/m0/s1. The number of hydrogen-bond acceptors (Lipinski definition) is 6. The highest BCUT2D eigenvalue weighted by Gasteiger charge is 2.30. The summed E-state index contributed by atoms with van der Waals surface area (Å²) >= 11 is 0. The Labute approximate surface area is 255 Å². The van der Waals surface area contributed by atoms with Crippen LogP contribution in [0.1, 0.15) is 50.4 Å². The fraction of sp³-hybridized carbons (Fsp3) is 0.471. The third kappa shape index (κ3) is 8.69. The van der Waals surface area contributed by atoms with Gasteiger partial charge >= 0.3 is 6.03 Å². The van der Waals surface area contributed by atoms with Crippen molar-refractivity contribution in [2.24, 2.45) is 5.92 Å². The van der Waals surface area contributed by atoms with Crippen LogP contribution in [0.5, 0.6) is 5.75 Å². The number of carbonyl (C=O) groups is 2. The van der Waals surface area contributed by atoms with E-state index in [4.69, 9.17) is 9.47 Å². The molecule has 0 bridgehead atoms. The second kappa shape index (κ2) is 15.2. The van der Waals surface area contributed by atoms with Gasteiger partial charge in [0, 0.05) is 36.7 Å². The highest BCUT2D eigenvalue weighted by molar-refractivity contribution is 6.07. The van der Waals surface area contributed by atoms with Crippen LogP contribution in [0.15, 0.2) is 60.7 Å². The lowest BCUT2D eigenvalue weighted by molar-refractivity contribution is -0.0137. The van der Waals surface area contributed by atoms with Gasteiger partial charge < -0.3 is 35.0 Å². The first-order valence-corrected chi connectivity index (χ1v) is 15.2. The second-order valence-electron chi connectivity index (χ2n) is 11.9. The van der Waals surface area contributed by atoms with Crippen LogP contribution < -0.4 is 15.4 Å². The Hall–Kier alpha value is -3.66. The maximum atomic E-state index is 14.2. The van der Waals surface area contributed by atoms with Gasteiger partial charge in [0.05, 0.1) is 36.1 Å². The molecule has 4 atom stereocenters. The lowest BCUT2D eigenvalue weighted by atomic mass is 10.0. The van der Waals surface area contributed by atoms with E-state index in [1.807, 2.05) is 70.4 Å². The van der Waals surface area contributed by atoms with Crippen molar-refractivity contribution in [1.29, 1.82) is 0 Å². The van der Waals surface area contributed by atoms with Crippen LogP contribution in [0.3, 0.4) is 0 Å². The molecule has 0 aromatic heterocycles. The molecular weight excluding hydrogens is 544 g/mol. The number of nitrogens with one attached hydrogen (secondary N) is 2. The molecule has 3 aromatic carbocycles. The monoisotopic (exact) mass is 590 g/mol. The lowest BCUT2D eigenvalue weighted by Gasteiger charge is -2.35. The molecule has 1 aliphatic heterocycles. The summed E-state index contributed by atoms with van der Waals surface area (Å²) in [6.07, 6.45) is 2.48. The van der Waals surface area contributed by atoms with E-state index in [0.29, 0.717) is 35.8 Å². The second-order valence-corrected chi connectivity index (χ2v) is 11.9. The number of aliphatic hydroxyl groups excluding tert-OH is 1. The average molecular weight is 591 g/mol. The normalized spacial score (nSPS) is 21.0. The number of fused-ring (bicyclic) bond motifs is 2. The summed E-state index contributed by atoms with van der Waals surface area (Å²) in [5.74, 6) is 0.201. The molecule has 0 saturated heterocycles. The summed E-state index contributed by atoms with van der Waals surface area (Å²) in [5.41, 5.74) is 1.48. The van der Waals surface area contributed by atoms with E-state index in [1.165, 1.54) is 0 Å². The number of benzene rings is 3. The summed E-state index contributed by atoms with van der Waals surface area (Å²) in [7, 11) is 4.03. The number of urea groups is 1. The zero-order valence-electron chi connectivity index (χ0n) is 26.0. The number of rotatable bonds is 6. The van der Waals surface area contributed by atoms with Crippen LogP contribution in [-0.2, 0) is 4.74 Å². The number of nitrogens with zero attached hydrogens (tertiary/aromatic N) is 2. The highest BCUT2D eigenvalue weighted by Crippen LogP contribution is 2.29. The zero-order valence-corrected chi connectivity index (χ0v) is 26.0. The summed E-state index contributed by atoms with van der Waals surface area (Å²) < 4.78 is 12.6. The van der Waals surface area contributed by atoms with Crippen molar-refractivity contribution in [3.05, 3.63) is 66.2 Å². The first-order chi connectivity index (χ1) is 20.7. The van der Waals surface area contributed by atoms with Crippen LogP contribution in [0.25, 0.3) is 10.8 Å². The Morgan fingerprint density at radius 2 is 1.84 bits per heavy atom. The van der Waals surface area contributed by atoms with Crippen molar-refractivity contribution in [3.63, 3.8) is 0 Å². The third-order valence-corrected chi connectivity index (χ3v) is 7.89. The van der Waals surface area contributed by atoms with E-state index in [9.17, 15) is 14.7 Å². The summed E-state index contributed by atoms with van der Waals surface area (Å²) in [5, 5.41) is 17.9. The SMILES string of the molecule is C[C@H](CO)N1C[C@H](C)[C@@H](CN(C)C)OCCCC[C@H](C)Oc2ccc(NC(=O)Nc3cccc4ccccc34)cc2C1=O. The first-order valence-electron chi connectivity index (χ1n) is 15.2. The molecule has 1 aliphatic rings. The predicted molar refractivity (Wildman–Crippen MR) is 172 cm³/mol. The van der Waals surface area contributed by atoms with Crippen molar-refractivity contribution < 1.29 is 24.2 Å². The van der Waals surface area contributed by atoms with Crippen molar-refractivity contribution >= 4 is 34.1 Å². The van der Waals surface area contributed by atoms with Crippen LogP contribution >= 0.6 is 0 Å². The van der Waals surface area contributed by atoms with Crippen molar-refractivity contribution in [2.45, 2.75) is 58.3 Å². The fourth-order valence-corrected chi connectivity index (χ4v) is 5.44. The van der Waals surface area contributed by atoms with Gasteiger partial charge in [-0.1, -0.05) is 43.3 Å². The summed E-state index contributed by atoms with van der Waals surface area (Å²) in [4.78, 5) is 31.1. The number of anilines is 2. The van der Waals surface area contributed by atoms with Crippen molar-refractivity contribution in [3.8, 4) is 5.75 Å². The molecule has 0 spiro atoms. The largest absolute Gasteiger partial charge is 0.490 e. The molecular formula is C34H46N4O5. The number of ether oxygens (including phenoxy) is 2. The van der Waals surface area contributed by atoms with Crippen molar-refractivity contribution in [1.82, 2.24) is 9.80 Å². The maximum Gasteiger partial charge on any atom is 0.323 e. The smallest absolute Gasteiger partial charge is 0.323 e. The molecule has 4 rings (SSSR count). The molecule has 1 heterocycles. The minimum absolute atomic E-state index is 0.0133. The Morgan fingerprint density at radius 3 is 2.60 bits per heavy atom. The van der Waals surface area contributed by atoms with Gasteiger partial charge in [0.25, 0.3) is 5.91 Å². The number of aliphatic hydroxyl groups is 1. The van der Waals surface area contributed by atoms with Crippen LogP contribution in [-0.4, -0.2) is 85.5 Å². The molecule has 0 aliphatic carbocycles. The number of carbonyl (C=O) groups excluding carboxylic acids is 2. The molecule has 0 saturated carbocycles.